The minimum atomic E-state index is -3.73. The van der Waals surface area contributed by atoms with E-state index < -0.39 is 10.0 Å². The average molecular weight is 381 g/mol. The summed E-state index contributed by atoms with van der Waals surface area (Å²) in [5.74, 6) is 2.08. The van der Waals surface area contributed by atoms with E-state index in [9.17, 15) is 13.2 Å². The molecule has 1 heterocycles. The zero-order valence-electron chi connectivity index (χ0n) is 12.6. The van der Waals surface area contributed by atoms with Crippen molar-refractivity contribution in [3.63, 3.8) is 0 Å². The molecule has 3 rings (SSSR count). The van der Waals surface area contributed by atoms with Crippen LogP contribution in [0.5, 0.6) is 0 Å². The van der Waals surface area contributed by atoms with Gasteiger partial charge in [-0.05, 0) is 42.0 Å². The first-order chi connectivity index (χ1) is 11.4. The van der Waals surface area contributed by atoms with Crippen LogP contribution in [0, 0.1) is 0 Å². The summed E-state index contributed by atoms with van der Waals surface area (Å²) in [6.07, 6.45) is 0. The van der Waals surface area contributed by atoms with Crippen molar-refractivity contribution in [1.29, 1.82) is 0 Å². The minimum Gasteiger partial charge on any atom is -0.322 e. The van der Waals surface area contributed by atoms with Crippen molar-refractivity contribution >= 4 is 45.1 Å². The van der Waals surface area contributed by atoms with Crippen molar-refractivity contribution in [2.75, 3.05) is 16.8 Å². The first-order valence-electron chi connectivity index (χ1n) is 7.21. The van der Waals surface area contributed by atoms with Gasteiger partial charge in [0.25, 0.3) is 5.91 Å². The van der Waals surface area contributed by atoms with Gasteiger partial charge < -0.3 is 5.32 Å². The second-order valence-electron chi connectivity index (χ2n) is 5.22. The molecule has 0 aliphatic carbocycles. The van der Waals surface area contributed by atoms with Gasteiger partial charge in [0.1, 0.15) is 0 Å². The van der Waals surface area contributed by atoms with Gasteiger partial charge in [-0.1, -0.05) is 12.1 Å². The predicted molar refractivity (Wildman–Crippen MR) is 99.9 cm³/mol. The molecular formula is C16H16N2O3S3. The van der Waals surface area contributed by atoms with Gasteiger partial charge in [-0.15, -0.1) is 23.5 Å². The van der Waals surface area contributed by atoms with Gasteiger partial charge >= 0.3 is 0 Å². The van der Waals surface area contributed by atoms with Crippen LogP contribution in [0.2, 0.25) is 0 Å². The Morgan fingerprint density at radius 1 is 1.00 bits per heavy atom. The van der Waals surface area contributed by atoms with Gasteiger partial charge in [-0.2, -0.15) is 0 Å². The second kappa shape index (κ2) is 7.18. The molecule has 0 spiro atoms. The monoisotopic (exact) mass is 380 g/mol. The summed E-state index contributed by atoms with van der Waals surface area (Å²) < 4.78 is 22.9. The fourth-order valence-electron chi connectivity index (χ4n) is 2.27. The summed E-state index contributed by atoms with van der Waals surface area (Å²) in [5, 5.41) is 7.79. The van der Waals surface area contributed by atoms with Gasteiger partial charge in [0, 0.05) is 22.8 Å². The van der Waals surface area contributed by atoms with Gasteiger partial charge in [0.05, 0.1) is 9.48 Å². The second-order valence-corrected chi connectivity index (χ2v) is 9.50. The maximum absolute atomic E-state index is 12.3. The number of primary sulfonamides is 1. The number of thioether (sulfide) groups is 2. The van der Waals surface area contributed by atoms with E-state index in [2.05, 4.69) is 5.32 Å². The van der Waals surface area contributed by atoms with E-state index in [-0.39, 0.29) is 10.8 Å². The molecule has 0 saturated carbocycles. The van der Waals surface area contributed by atoms with Crippen LogP contribution in [0.4, 0.5) is 5.69 Å². The first kappa shape index (κ1) is 17.3. The molecular weight excluding hydrogens is 364 g/mol. The third-order valence-corrected chi connectivity index (χ3v) is 7.54. The maximum atomic E-state index is 12.3. The molecule has 1 amide bonds. The number of anilines is 1. The Balaban J connectivity index is 1.68. The summed E-state index contributed by atoms with van der Waals surface area (Å²) in [6, 6.07) is 13.3. The number of carbonyl (C=O) groups excluding carboxylic acids is 1. The topological polar surface area (TPSA) is 89.3 Å². The Labute approximate surface area is 149 Å². The van der Waals surface area contributed by atoms with Crippen molar-refractivity contribution < 1.29 is 13.2 Å². The number of nitrogens with one attached hydrogen (secondary N) is 1. The van der Waals surface area contributed by atoms with E-state index in [4.69, 9.17) is 5.14 Å². The molecule has 5 nitrogen and oxygen atoms in total. The highest BCUT2D eigenvalue weighted by Crippen LogP contribution is 2.45. The molecule has 1 saturated heterocycles. The van der Waals surface area contributed by atoms with Crippen LogP contribution < -0.4 is 10.5 Å². The molecule has 1 fully saturated rings. The lowest BCUT2D eigenvalue weighted by Gasteiger charge is -2.10. The molecule has 0 bridgehead atoms. The fraction of sp³-hybridized carbons (Fsp3) is 0.188. The number of sulfonamides is 1. The van der Waals surface area contributed by atoms with Crippen LogP contribution in [0.15, 0.2) is 53.4 Å². The number of hydrogen-bond acceptors (Lipinski definition) is 5. The SMILES string of the molecule is NS(=O)(=O)c1ccc(NC(=O)c2ccc(C3SCCS3)cc2)cc1. The van der Waals surface area contributed by atoms with Gasteiger partial charge in [0.15, 0.2) is 0 Å². The molecule has 126 valence electrons. The summed E-state index contributed by atoms with van der Waals surface area (Å²) in [4.78, 5) is 12.3. The normalized spacial score (nSPS) is 15.4. The zero-order valence-corrected chi connectivity index (χ0v) is 15.1. The molecule has 2 aromatic rings. The van der Waals surface area contributed by atoms with Gasteiger partial charge in [0.2, 0.25) is 10.0 Å². The molecule has 0 radical (unpaired) electrons. The van der Waals surface area contributed by atoms with Gasteiger partial charge in [-0.3, -0.25) is 4.79 Å². The molecule has 1 aliphatic rings. The van der Waals surface area contributed by atoms with E-state index in [0.29, 0.717) is 15.8 Å². The number of rotatable bonds is 4. The van der Waals surface area contributed by atoms with Crippen LogP contribution in [-0.4, -0.2) is 25.8 Å². The van der Waals surface area contributed by atoms with Crippen LogP contribution in [0.1, 0.15) is 20.5 Å². The van der Waals surface area contributed by atoms with Crippen molar-refractivity contribution in [2.24, 2.45) is 5.14 Å². The Morgan fingerprint density at radius 2 is 1.58 bits per heavy atom. The number of benzene rings is 2. The Hall–Kier alpha value is -1.48. The zero-order chi connectivity index (χ0) is 17.2. The number of amides is 1. The number of hydrogen-bond donors (Lipinski definition) is 2. The van der Waals surface area contributed by atoms with E-state index >= 15 is 0 Å². The molecule has 1 aliphatic heterocycles. The van der Waals surface area contributed by atoms with Crippen molar-refractivity contribution in [3.8, 4) is 0 Å². The summed E-state index contributed by atoms with van der Waals surface area (Å²) in [7, 11) is -3.73. The lowest BCUT2D eigenvalue weighted by atomic mass is 10.1. The summed E-state index contributed by atoms with van der Waals surface area (Å²) >= 11 is 3.84. The molecule has 0 unspecified atom stereocenters. The van der Waals surface area contributed by atoms with E-state index in [1.54, 1.807) is 0 Å². The van der Waals surface area contributed by atoms with E-state index in [1.807, 2.05) is 47.8 Å². The van der Waals surface area contributed by atoms with Crippen molar-refractivity contribution in [1.82, 2.24) is 0 Å². The molecule has 8 heteroatoms. The highest BCUT2D eigenvalue weighted by molar-refractivity contribution is 8.19. The number of nitrogens with two attached hydrogens (primary N) is 1. The van der Waals surface area contributed by atoms with E-state index in [1.165, 1.54) is 29.8 Å². The molecule has 0 atom stereocenters. The standard InChI is InChI=1S/C16H16N2O3S3/c17-24(20,21)14-7-5-13(6-8-14)18-15(19)11-1-3-12(4-2-11)16-22-9-10-23-16/h1-8,16H,9-10H2,(H,18,19)(H2,17,20,21). The Morgan fingerprint density at radius 3 is 2.12 bits per heavy atom. The third-order valence-electron chi connectivity index (χ3n) is 3.51. The predicted octanol–water partition coefficient (Wildman–Crippen LogP) is 3.06. The average Bonchev–Trinajstić information content (AvgIpc) is 3.09. The van der Waals surface area contributed by atoms with Crippen LogP contribution in [0.3, 0.4) is 0 Å². The molecule has 0 aromatic heterocycles. The fourth-order valence-corrected chi connectivity index (χ4v) is 5.65. The summed E-state index contributed by atoms with van der Waals surface area (Å²) in [6.45, 7) is 0. The lowest BCUT2D eigenvalue weighted by Crippen LogP contribution is -2.13. The van der Waals surface area contributed by atoms with Crippen LogP contribution >= 0.6 is 23.5 Å². The molecule has 24 heavy (non-hydrogen) atoms. The largest absolute Gasteiger partial charge is 0.322 e. The molecule has 2 aromatic carbocycles. The Kier molecular flexibility index (Phi) is 5.19. The Bertz CT molecular complexity index is 828. The first-order valence-corrected chi connectivity index (χ1v) is 10.9. The van der Waals surface area contributed by atoms with E-state index in [0.717, 1.165) is 11.5 Å². The van der Waals surface area contributed by atoms with Crippen LogP contribution in [-0.2, 0) is 10.0 Å². The molecule has 3 N–H and O–H groups in total. The lowest BCUT2D eigenvalue weighted by molar-refractivity contribution is 0.102. The highest BCUT2D eigenvalue weighted by Gasteiger charge is 2.18. The smallest absolute Gasteiger partial charge is 0.255 e. The van der Waals surface area contributed by atoms with Crippen molar-refractivity contribution in [3.05, 3.63) is 59.7 Å². The van der Waals surface area contributed by atoms with Crippen molar-refractivity contribution in [2.45, 2.75) is 9.48 Å². The summed E-state index contributed by atoms with van der Waals surface area (Å²) in [5.41, 5.74) is 2.29. The minimum absolute atomic E-state index is 0.0106. The number of carbonyl (C=O) groups is 1. The highest BCUT2D eigenvalue weighted by atomic mass is 32.2. The van der Waals surface area contributed by atoms with Gasteiger partial charge in [-0.25, -0.2) is 13.6 Å². The van der Waals surface area contributed by atoms with Crippen LogP contribution in [0.25, 0.3) is 0 Å². The maximum Gasteiger partial charge on any atom is 0.255 e. The third kappa shape index (κ3) is 4.13. The quantitative estimate of drug-likeness (QED) is 0.851.